The van der Waals surface area contributed by atoms with E-state index >= 15 is 0 Å². The molecule has 0 amide bonds. The van der Waals surface area contributed by atoms with Gasteiger partial charge < -0.3 is 9.47 Å². The second-order valence-corrected chi connectivity index (χ2v) is 4.64. The molecule has 2 heteroatoms. The summed E-state index contributed by atoms with van der Waals surface area (Å²) in [4.78, 5) is 0. The van der Waals surface area contributed by atoms with Crippen LogP contribution in [0.3, 0.4) is 0 Å². The Balaban J connectivity index is 2.66. The largest absolute Gasteiger partial charge is 0.346 e. The molecule has 19 heavy (non-hydrogen) atoms. The monoisotopic (exact) mass is 256 g/mol. The molecule has 0 aliphatic carbocycles. The van der Waals surface area contributed by atoms with E-state index < -0.39 is 5.79 Å². The van der Waals surface area contributed by atoms with Gasteiger partial charge >= 0.3 is 0 Å². The summed E-state index contributed by atoms with van der Waals surface area (Å²) >= 11 is 0. The Hall–Kier alpha value is -1.64. The van der Waals surface area contributed by atoms with Crippen LogP contribution in [0.15, 0.2) is 48.5 Å². The predicted octanol–water partition coefficient (Wildman–Crippen LogP) is 3.80. The van der Waals surface area contributed by atoms with Gasteiger partial charge in [-0.05, 0) is 25.0 Å². The molecule has 0 aromatic heterocycles. The summed E-state index contributed by atoms with van der Waals surface area (Å²) in [6.07, 6.45) is 0. The van der Waals surface area contributed by atoms with Crippen molar-refractivity contribution >= 4 is 0 Å². The van der Waals surface area contributed by atoms with E-state index in [0.29, 0.717) is 0 Å². The van der Waals surface area contributed by atoms with E-state index in [0.717, 1.165) is 11.1 Å². The zero-order valence-electron chi connectivity index (χ0n) is 11.9. The van der Waals surface area contributed by atoms with E-state index in [4.69, 9.17) is 9.47 Å². The van der Waals surface area contributed by atoms with Crippen molar-refractivity contribution < 1.29 is 9.47 Å². The maximum absolute atomic E-state index is 5.77. The minimum absolute atomic E-state index is 0.850. The minimum Gasteiger partial charge on any atom is -0.346 e. The van der Waals surface area contributed by atoms with E-state index in [1.807, 2.05) is 36.4 Å². The molecule has 0 fully saturated rings. The van der Waals surface area contributed by atoms with Gasteiger partial charge in [0.2, 0.25) is 5.79 Å². The average Bonchev–Trinajstić information content (AvgIpc) is 2.46. The highest BCUT2D eigenvalue weighted by Gasteiger charge is 2.35. The van der Waals surface area contributed by atoms with Crippen molar-refractivity contribution in [3.63, 3.8) is 0 Å². The van der Waals surface area contributed by atoms with Gasteiger partial charge in [-0.2, -0.15) is 0 Å². The lowest BCUT2D eigenvalue weighted by Crippen LogP contribution is -2.33. The van der Waals surface area contributed by atoms with Crippen molar-refractivity contribution in [2.24, 2.45) is 0 Å². The zero-order valence-corrected chi connectivity index (χ0v) is 11.9. The first-order valence-corrected chi connectivity index (χ1v) is 6.38. The molecule has 100 valence electrons. The van der Waals surface area contributed by atoms with Crippen molar-refractivity contribution in [3.8, 4) is 0 Å². The van der Waals surface area contributed by atoms with Gasteiger partial charge in [-0.15, -0.1) is 0 Å². The van der Waals surface area contributed by atoms with Gasteiger partial charge in [0.15, 0.2) is 0 Å². The van der Waals surface area contributed by atoms with E-state index in [9.17, 15) is 0 Å². The summed E-state index contributed by atoms with van der Waals surface area (Å²) in [6, 6.07) is 16.2. The third-order valence-electron chi connectivity index (χ3n) is 3.69. The van der Waals surface area contributed by atoms with Gasteiger partial charge in [-0.3, -0.25) is 0 Å². The van der Waals surface area contributed by atoms with Gasteiger partial charge in [0.05, 0.1) is 0 Å². The maximum Gasteiger partial charge on any atom is 0.222 e. The predicted molar refractivity (Wildman–Crippen MR) is 77.2 cm³/mol. The van der Waals surface area contributed by atoms with Crippen LogP contribution in [0, 0.1) is 13.8 Å². The highest BCUT2D eigenvalue weighted by atomic mass is 16.7. The summed E-state index contributed by atoms with van der Waals surface area (Å²) in [5.41, 5.74) is 4.46. The van der Waals surface area contributed by atoms with Crippen LogP contribution in [0.1, 0.15) is 22.3 Å². The number of aryl methyl sites for hydroxylation is 1. The Bertz CT molecular complexity index is 542. The Morgan fingerprint density at radius 3 is 2.00 bits per heavy atom. The first-order chi connectivity index (χ1) is 9.15. The van der Waals surface area contributed by atoms with Crippen molar-refractivity contribution in [3.05, 3.63) is 70.8 Å². The molecule has 0 atom stereocenters. The van der Waals surface area contributed by atoms with Crippen molar-refractivity contribution in [1.82, 2.24) is 0 Å². The standard InChI is InChI=1S/C17H20O2/c1-13-9-8-12-16(14(13)2)17(18-3,19-4)15-10-6-5-7-11-15/h5-12H,1-4H3. The number of methoxy groups -OCH3 is 2. The fraction of sp³-hybridized carbons (Fsp3) is 0.294. The number of benzene rings is 2. The minimum atomic E-state index is -0.850. The molecule has 0 aliphatic rings. The molecule has 2 rings (SSSR count). The lowest BCUT2D eigenvalue weighted by molar-refractivity contribution is -0.184. The first-order valence-electron chi connectivity index (χ1n) is 6.38. The van der Waals surface area contributed by atoms with Crippen LogP contribution in [0.4, 0.5) is 0 Å². The van der Waals surface area contributed by atoms with Crippen LogP contribution in [-0.4, -0.2) is 14.2 Å². The fourth-order valence-electron chi connectivity index (χ4n) is 2.46. The SMILES string of the molecule is COC(OC)(c1ccccc1)c1cccc(C)c1C. The summed E-state index contributed by atoms with van der Waals surface area (Å²) in [6.45, 7) is 4.19. The maximum atomic E-state index is 5.77. The molecular formula is C17H20O2. The number of hydrogen-bond donors (Lipinski definition) is 0. The van der Waals surface area contributed by atoms with Crippen LogP contribution >= 0.6 is 0 Å². The quantitative estimate of drug-likeness (QED) is 0.775. The van der Waals surface area contributed by atoms with Crippen LogP contribution in [0.25, 0.3) is 0 Å². The fourth-order valence-corrected chi connectivity index (χ4v) is 2.46. The molecule has 0 bridgehead atoms. The summed E-state index contributed by atoms with van der Waals surface area (Å²) < 4.78 is 11.5. The number of ether oxygens (including phenoxy) is 2. The van der Waals surface area contributed by atoms with E-state index in [-0.39, 0.29) is 0 Å². The average molecular weight is 256 g/mol. The molecule has 0 unspecified atom stereocenters. The van der Waals surface area contributed by atoms with E-state index in [1.54, 1.807) is 14.2 Å². The van der Waals surface area contributed by atoms with Crippen LogP contribution in [0.2, 0.25) is 0 Å². The highest BCUT2D eigenvalue weighted by Crippen LogP contribution is 2.36. The molecule has 0 spiro atoms. The summed E-state index contributed by atoms with van der Waals surface area (Å²) in [5.74, 6) is -0.850. The Labute approximate surface area is 115 Å². The first kappa shape index (κ1) is 13.8. The Kier molecular flexibility index (Phi) is 4.03. The van der Waals surface area contributed by atoms with Crippen molar-refractivity contribution in [2.45, 2.75) is 19.6 Å². The lowest BCUT2D eigenvalue weighted by atomic mass is 9.91. The third-order valence-corrected chi connectivity index (χ3v) is 3.69. The lowest BCUT2D eigenvalue weighted by Gasteiger charge is -2.33. The zero-order chi connectivity index (χ0) is 13.9. The molecule has 2 nitrogen and oxygen atoms in total. The van der Waals surface area contributed by atoms with Gasteiger partial charge in [-0.25, -0.2) is 0 Å². The van der Waals surface area contributed by atoms with E-state index in [2.05, 4.69) is 26.0 Å². The molecule has 0 radical (unpaired) electrons. The van der Waals surface area contributed by atoms with Gasteiger partial charge in [0.25, 0.3) is 0 Å². The number of hydrogen-bond acceptors (Lipinski definition) is 2. The molecule has 0 saturated carbocycles. The molecule has 0 heterocycles. The van der Waals surface area contributed by atoms with Gasteiger partial charge in [0, 0.05) is 25.3 Å². The van der Waals surface area contributed by atoms with Crippen molar-refractivity contribution in [1.29, 1.82) is 0 Å². The molecule has 0 aliphatic heterocycles. The van der Waals surface area contributed by atoms with Gasteiger partial charge in [0.1, 0.15) is 0 Å². The molecular weight excluding hydrogens is 236 g/mol. The Morgan fingerprint density at radius 1 is 0.789 bits per heavy atom. The normalized spacial score (nSPS) is 11.6. The smallest absolute Gasteiger partial charge is 0.222 e. The highest BCUT2D eigenvalue weighted by molar-refractivity contribution is 5.42. The van der Waals surface area contributed by atoms with Crippen LogP contribution in [-0.2, 0) is 15.3 Å². The van der Waals surface area contributed by atoms with Crippen LogP contribution in [0.5, 0.6) is 0 Å². The second-order valence-electron chi connectivity index (χ2n) is 4.64. The molecule has 2 aromatic rings. The van der Waals surface area contributed by atoms with E-state index in [1.165, 1.54) is 11.1 Å². The molecule has 0 N–H and O–H groups in total. The number of rotatable bonds is 4. The second kappa shape index (κ2) is 5.55. The summed E-state index contributed by atoms with van der Waals surface area (Å²) in [7, 11) is 3.36. The van der Waals surface area contributed by atoms with Crippen LogP contribution < -0.4 is 0 Å². The summed E-state index contributed by atoms with van der Waals surface area (Å²) in [5, 5.41) is 0. The van der Waals surface area contributed by atoms with Gasteiger partial charge in [-0.1, -0.05) is 48.5 Å². The Morgan fingerprint density at radius 2 is 1.42 bits per heavy atom. The molecule has 0 saturated heterocycles. The topological polar surface area (TPSA) is 18.5 Å². The third kappa shape index (κ3) is 2.29. The van der Waals surface area contributed by atoms with Crippen molar-refractivity contribution in [2.75, 3.05) is 14.2 Å². The molecule has 2 aromatic carbocycles.